The first kappa shape index (κ1) is 18.8. The Hall–Kier alpha value is -3.53. The number of nitriles is 1. The molecule has 7 heteroatoms. The predicted molar refractivity (Wildman–Crippen MR) is 93.9 cm³/mol. The van der Waals surface area contributed by atoms with Crippen LogP contribution in [0.1, 0.15) is 12.5 Å². The summed E-state index contributed by atoms with van der Waals surface area (Å²) >= 11 is 0. The highest BCUT2D eigenvalue weighted by Crippen LogP contribution is 2.26. The highest BCUT2D eigenvalue weighted by atomic mass is 16.6. The van der Waals surface area contributed by atoms with E-state index in [1.54, 1.807) is 48.5 Å². The highest BCUT2D eigenvalue weighted by Gasteiger charge is 2.12. The molecule has 134 valence electrons. The van der Waals surface area contributed by atoms with Crippen molar-refractivity contribution in [2.24, 2.45) is 0 Å². The predicted octanol–water partition coefficient (Wildman–Crippen LogP) is 2.52. The Morgan fingerprint density at radius 2 is 1.65 bits per heavy atom. The molecular formula is C19H18N2O5. The first-order valence-corrected chi connectivity index (χ1v) is 7.93. The number of carbonyl (C=O) groups excluding carboxylic acids is 2. The van der Waals surface area contributed by atoms with Gasteiger partial charge in [-0.2, -0.15) is 5.26 Å². The Bertz CT molecular complexity index is 814. The molecule has 0 bridgehead atoms. The lowest BCUT2D eigenvalue weighted by atomic mass is 10.2. The van der Waals surface area contributed by atoms with E-state index in [0.717, 1.165) is 0 Å². The number of benzene rings is 2. The fourth-order valence-electron chi connectivity index (χ4n) is 2.04. The van der Waals surface area contributed by atoms with E-state index in [0.29, 0.717) is 29.4 Å². The second-order valence-electron chi connectivity index (χ2n) is 5.03. The maximum absolute atomic E-state index is 11.8. The molecule has 1 amide bonds. The molecule has 0 unspecified atom stereocenters. The molecule has 0 atom stereocenters. The zero-order valence-electron chi connectivity index (χ0n) is 14.2. The van der Waals surface area contributed by atoms with Crippen LogP contribution in [0.5, 0.6) is 11.5 Å². The summed E-state index contributed by atoms with van der Waals surface area (Å²) in [4.78, 5) is 23.6. The van der Waals surface area contributed by atoms with E-state index in [2.05, 4.69) is 5.32 Å². The molecule has 0 radical (unpaired) electrons. The van der Waals surface area contributed by atoms with Crippen molar-refractivity contribution in [3.05, 3.63) is 54.1 Å². The first-order valence-electron chi connectivity index (χ1n) is 7.93. The summed E-state index contributed by atoms with van der Waals surface area (Å²) in [6.45, 7) is 1.48. The van der Waals surface area contributed by atoms with Gasteiger partial charge in [0.15, 0.2) is 24.7 Å². The molecule has 26 heavy (non-hydrogen) atoms. The molecule has 0 fully saturated rings. The second kappa shape index (κ2) is 9.69. The number of hydrogen-bond acceptors (Lipinski definition) is 6. The van der Waals surface area contributed by atoms with Gasteiger partial charge >= 0.3 is 5.97 Å². The van der Waals surface area contributed by atoms with Gasteiger partial charge in [0.2, 0.25) is 0 Å². The number of esters is 1. The van der Waals surface area contributed by atoms with Gasteiger partial charge in [-0.1, -0.05) is 24.3 Å². The van der Waals surface area contributed by atoms with Crippen LogP contribution in [-0.2, 0) is 14.3 Å². The third kappa shape index (κ3) is 5.53. The lowest BCUT2D eigenvalue weighted by molar-refractivity contribution is -0.149. The van der Waals surface area contributed by atoms with E-state index in [1.165, 1.54) is 0 Å². The largest absolute Gasteiger partial charge is 0.490 e. The van der Waals surface area contributed by atoms with Crippen LogP contribution >= 0.6 is 0 Å². The van der Waals surface area contributed by atoms with E-state index in [4.69, 9.17) is 19.5 Å². The van der Waals surface area contributed by atoms with Crippen molar-refractivity contribution in [1.82, 2.24) is 0 Å². The molecule has 2 aromatic rings. The lowest BCUT2D eigenvalue weighted by Gasteiger charge is -2.11. The van der Waals surface area contributed by atoms with Gasteiger partial charge in [-0.25, -0.2) is 4.79 Å². The second-order valence-corrected chi connectivity index (χ2v) is 5.03. The Morgan fingerprint density at radius 3 is 2.35 bits per heavy atom. The average molecular weight is 354 g/mol. The van der Waals surface area contributed by atoms with Crippen LogP contribution in [0.15, 0.2) is 48.5 Å². The molecule has 2 aromatic carbocycles. The van der Waals surface area contributed by atoms with Crippen LogP contribution in [0.4, 0.5) is 5.69 Å². The minimum absolute atomic E-state index is 0.322. The fraction of sp³-hybridized carbons (Fsp3) is 0.211. The molecular weight excluding hydrogens is 336 g/mol. The Morgan fingerprint density at radius 1 is 1.00 bits per heavy atom. The summed E-state index contributed by atoms with van der Waals surface area (Å²) in [7, 11) is 0. The molecule has 0 saturated heterocycles. The summed E-state index contributed by atoms with van der Waals surface area (Å²) in [5.74, 6) is -0.303. The van der Waals surface area contributed by atoms with Crippen molar-refractivity contribution in [3.63, 3.8) is 0 Å². The zero-order valence-corrected chi connectivity index (χ0v) is 14.2. The number of ether oxygens (including phenoxy) is 3. The lowest BCUT2D eigenvalue weighted by Crippen LogP contribution is -2.24. The smallest absolute Gasteiger partial charge is 0.344 e. The maximum atomic E-state index is 11.8. The number of anilines is 1. The number of hydrogen-bond donors (Lipinski definition) is 1. The van der Waals surface area contributed by atoms with Gasteiger partial charge in [-0.3, -0.25) is 4.79 Å². The van der Waals surface area contributed by atoms with Gasteiger partial charge in [0, 0.05) is 0 Å². The van der Waals surface area contributed by atoms with Crippen LogP contribution in [0.3, 0.4) is 0 Å². The number of carbonyl (C=O) groups is 2. The van der Waals surface area contributed by atoms with Crippen molar-refractivity contribution in [2.45, 2.75) is 6.92 Å². The van der Waals surface area contributed by atoms with Gasteiger partial charge in [-0.15, -0.1) is 0 Å². The van der Waals surface area contributed by atoms with Gasteiger partial charge in [-0.05, 0) is 31.2 Å². The van der Waals surface area contributed by atoms with E-state index in [1.807, 2.05) is 13.0 Å². The third-order valence-electron chi connectivity index (χ3n) is 3.18. The summed E-state index contributed by atoms with van der Waals surface area (Å²) in [6.07, 6.45) is 0. The molecule has 0 aromatic heterocycles. The summed E-state index contributed by atoms with van der Waals surface area (Å²) in [5.41, 5.74) is 0.681. The Labute approximate surface area is 151 Å². The highest BCUT2D eigenvalue weighted by molar-refractivity contribution is 5.94. The molecule has 0 aliphatic heterocycles. The Balaban J connectivity index is 1.80. The number of nitrogens with one attached hydrogen (secondary N) is 1. The standard InChI is InChI=1S/C19H18N2O5/c1-2-24-16-9-5-6-10-17(16)25-13-19(23)26-12-18(22)21-15-8-4-3-7-14(15)11-20/h3-10H,2,12-13H2,1H3,(H,21,22). The number of amides is 1. The third-order valence-corrected chi connectivity index (χ3v) is 3.18. The van der Waals surface area contributed by atoms with E-state index in [9.17, 15) is 9.59 Å². The zero-order chi connectivity index (χ0) is 18.8. The molecule has 0 aliphatic rings. The monoisotopic (exact) mass is 354 g/mol. The Kier molecular flexibility index (Phi) is 7.01. The van der Waals surface area contributed by atoms with Crippen molar-refractivity contribution >= 4 is 17.6 Å². The van der Waals surface area contributed by atoms with Crippen LogP contribution in [0, 0.1) is 11.3 Å². The maximum Gasteiger partial charge on any atom is 0.344 e. The molecule has 2 rings (SSSR count). The number of para-hydroxylation sites is 3. The topological polar surface area (TPSA) is 97.7 Å². The molecule has 7 nitrogen and oxygen atoms in total. The quantitative estimate of drug-likeness (QED) is 0.732. The first-order chi connectivity index (χ1) is 12.6. The normalized spacial score (nSPS) is 9.69. The molecule has 1 N–H and O–H groups in total. The van der Waals surface area contributed by atoms with E-state index in [-0.39, 0.29) is 6.61 Å². The van der Waals surface area contributed by atoms with E-state index < -0.39 is 18.5 Å². The molecule has 0 spiro atoms. The molecule has 0 heterocycles. The fourth-order valence-corrected chi connectivity index (χ4v) is 2.04. The average Bonchev–Trinajstić information content (AvgIpc) is 2.66. The summed E-state index contributed by atoms with van der Waals surface area (Å²) in [6, 6.07) is 15.4. The van der Waals surface area contributed by atoms with Gasteiger partial charge < -0.3 is 19.5 Å². The molecule has 0 saturated carbocycles. The number of nitrogens with zero attached hydrogens (tertiary/aromatic N) is 1. The van der Waals surface area contributed by atoms with Gasteiger partial charge in [0.1, 0.15) is 6.07 Å². The van der Waals surface area contributed by atoms with Crippen LogP contribution in [-0.4, -0.2) is 31.7 Å². The minimum Gasteiger partial charge on any atom is -0.490 e. The van der Waals surface area contributed by atoms with Gasteiger partial charge in [0.05, 0.1) is 17.9 Å². The summed E-state index contributed by atoms with van der Waals surface area (Å²) < 4.78 is 15.6. The summed E-state index contributed by atoms with van der Waals surface area (Å²) in [5, 5.41) is 11.5. The SMILES string of the molecule is CCOc1ccccc1OCC(=O)OCC(=O)Nc1ccccc1C#N. The van der Waals surface area contributed by atoms with Gasteiger partial charge in [0.25, 0.3) is 5.91 Å². The van der Waals surface area contributed by atoms with Crippen molar-refractivity contribution in [3.8, 4) is 17.6 Å². The van der Waals surface area contributed by atoms with Crippen LogP contribution in [0.2, 0.25) is 0 Å². The van der Waals surface area contributed by atoms with Crippen LogP contribution < -0.4 is 14.8 Å². The van der Waals surface area contributed by atoms with Crippen LogP contribution in [0.25, 0.3) is 0 Å². The van der Waals surface area contributed by atoms with Crippen molar-refractivity contribution in [1.29, 1.82) is 5.26 Å². The molecule has 0 aliphatic carbocycles. The van der Waals surface area contributed by atoms with Crippen molar-refractivity contribution < 1.29 is 23.8 Å². The van der Waals surface area contributed by atoms with E-state index >= 15 is 0 Å². The van der Waals surface area contributed by atoms with Crippen molar-refractivity contribution in [2.75, 3.05) is 25.1 Å². The minimum atomic E-state index is -0.694. The number of rotatable bonds is 8.